The lowest BCUT2D eigenvalue weighted by Crippen LogP contribution is -2.27. The molecule has 0 atom stereocenters. The molecule has 1 saturated heterocycles. The van der Waals surface area contributed by atoms with E-state index in [0.717, 1.165) is 0 Å². The van der Waals surface area contributed by atoms with Gasteiger partial charge in [0.05, 0.1) is 22.1 Å². The molecule has 1 fully saturated rings. The number of carbonyl (C=O) groups is 2. The molecule has 0 aromatic heterocycles. The maximum Gasteiger partial charge on any atom is 0.290 e. The molecule has 0 spiro atoms. The van der Waals surface area contributed by atoms with Crippen LogP contribution in [0.4, 0.5) is 5.69 Å². The molecule has 0 N–H and O–H groups in total. The van der Waals surface area contributed by atoms with Gasteiger partial charge in [0, 0.05) is 19.0 Å². The van der Waals surface area contributed by atoms with Gasteiger partial charge in [-0.3, -0.25) is 19.7 Å². The molecule has 18 heavy (non-hydrogen) atoms. The van der Waals surface area contributed by atoms with Crippen LogP contribution in [0.25, 0.3) is 0 Å². The van der Waals surface area contributed by atoms with Crippen LogP contribution in [0.1, 0.15) is 12.0 Å². The molecule has 1 aromatic rings. The number of amides is 1. The number of hydrogen-bond acceptors (Lipinski definition) is 4. The van der Waals surface area contributed by atoms with E-state index in [4.69, 9.17) is 11.6 Å². The Morgan fingerprint density at radius 2 is 2.11 bits per heavy atom. The Morgan fingerprint density at radius 1 is 1.39 bits per heavy atom. The predicted molar refractivity (Wildman–Crippen MR) is 63.1 cm³/mol. The minimum absolute atomic E-state index is 0.0133. The van der Waals surface area contributed by atoms with Gasteiger partial charge in [-0.25, -0.2) is 0 Å². The van der Waals surface area contributed by atoms with Crippen molar-refractivity contribution in [1.82, 2.24) is 4.90 Å². The Balaban J connectivity index is 2.32. The number of hydrogen-bond donors (Lipinski definition) is 0. The largest absolute Gasteiger partial charge is 0.331 e. The third-order valence-electron chi connectivity index (χ3n) is 2.77. The first kappa shape index (κ1) is 12.5. The van der Waals surface area contributed by atoms with Crippen molar-refractivity contribution >= 4 is 29.0 Å². The van der Waals surface area contributed by atoms with E-state index in [-0.39, 0.29) is 35.8 Å². The smallest absolute Gasteiger partial charge is 0.290 e. The van der Waals surface area contributed by atoms with Crippen LogP contribution in [0.15, 0.2) is 18.2 Å². The number of nitro benzene ring substituents is 1. The zero-order valence-electron chi connectivity index (χ0n) is 9.26. The van der Waals surface area contributed by atoms with Crippen LogP contribution < -0.4 is 0 Å². The fourth-order valence-corrected chi connectivity index (χ4v) is 2.07. The van der Waals surface area contributed by atoms with E-state index < -0.39 is 16.6 Å². The van der Waals surface area contributed by atoms with Crippen molar-refractivity contribution in [3.63, 3.8) is 0 Å². The number of carbonyl (C=O) groups excluding carboxylic acids is 2. The SMILES string of the molecule is O=C1CCN(Cc2c(Cl)cccc2[N+](=O)[O-])C1=O. The van der Waals surface area contributed by atoms with Crippen LogP contribution in [-0.2, 0) is 16.1 Å². The summed E-state index contributed by atoms with van der Waals surface area (Å²) in [6.07, 6.45) is 0.150. The third-order valence-corrected chi connectivity index (χ3v) is 3.13. The molecular weight excluding hydrogens is 260 g/mol. The second-order valence-corrected chi connectivity index (χ2v) is 4.30. The summed E-state index contributed by atoms with van der Waals surface area (Å²) in [5.41, 5.74) is 0.113. The number of rotatable bonds is 3. The van der Waals surface area contributed by atoms with Crippen LogP contribution in [0, 0.1) is 10.1 Å². The number of nitro groups is 1. The summed E-state index contributed by atoms with van der Waals surface area (Å²) >= 11 is 5.91. The van der Waals surface area contributed by atoms with Crippen molar-refractivity contribution in [2.45, 2.75) is 13.0 Å². The number of likely N-dealkylation sites (tertiary alicyclic amines) is 1. The number of ketones is 1. The first-order valence-electron chi connectivity index (χ1n) is 5.24. The Hall–Kier alpha value is -1.95. The molecule has 1 aliphatic heterocycles. The molecule has 0 aliphatic carbocycles. The van der Waals surface area contributed by atoms with Gasteiger partial charge in [-0.2, -0.15) is 0 Å². The normalized spacial score (nSPS) is 15.3. The Labute approximate surface area is 107 Å². The molecule has 0 unspecified atom stereocenters. The van der Waals surface area contributed by atoms with Gasteiger partial charge < -0.3 is 4.90 Å². The summed E-state index contributed by atoms with van der Waals surface area (Å²) in [6, 6.07) is 4.32. The molecule has 1 amide bonds. The van der Waals surface area contributed by atoms with Crippen LogP contribution in [0.5, 0.6) is 0 Å². The molecule has 1 aliphatic rings. The standard InChI is InChI=1S/C11H9ClN2O4/c12-8-2-1-3-9(14(17)18)7(8)6-13-5-4-10(15)11(13)16/h1-3H,4-6H2. The van der Waals surface area contributed by atoms with E-state index in [2.05, 4.69) is 0 Å². The zero-order valence-corrected chi connectivity index (χ0v) is 10.0. The van der Waals surface area contributed by atoms with Gasteiger partial charge >= 0.3 is 0 Å². The summed E-state index contributed by atoms with van der Waals surface area (Å²) in [4.78, 5) is 34.2. The first-order valence-corrected chi connectivity index (χ1v) is 5.62. The highest BCUT2D eigenvalue weighted by atomic mass is 35.5. The fraction of sp³-hybridized carbons (Fsp3) is 0.273. The number of nitrogens with zero attached hydrogens (tertiary/aromatic N) is 2. The highest BCUT2D eigenvalue weighted by Gasteiger charge is 2.31. The zero-order chi connectivity index (χ0) is 13.3. The summed E-state index contributed by atoms with van der Waals surface area (Å²) < 4.78 is 0. The third kappa shape index (κ3) is 2.19. The molecule has 94 valence electrons. The second kappa shape index (κ2) is 4.73. The highest BCUT2D eigenvalue weighted by Crippen LogP contribution is 2.28. The lowest BCUT2D eigenvalue weighted by Gasteiger charge is -2.15. The van der Waals surface area contributed by atoms with Crippen molar-refractivity contribution in [3.05, 3.63) is 38.9 Å². The molecule has 0 bridgehead atoms. The van der Waals surface area contributed by atoms with Gasteiger partial charge in [-0.05, 0) is 6.07 Å². The first-order chi connectivity index (χ1) is 8.50. The molecule has 2 rings (SSSR count). The molecule has 0 saturated carbocycles. The monoisotopic (exact) mass is 268 g/mol. The average Bonchev–Trinajstić information content (AvgIpc) is 2.63. The van der Waals surface area contributed by atoms with E-state index in [1.165, 1.54) is 23.1 Å². The molecule has 6 nitrogen and oxygen atoms in total. The van der Waals surface area contributed by atoms with Gasteiger partial charge in [0.2, 0.25) is 5.78 Å². The maximum atomic E-state index is 11.5. The Morgan fingerprint density at radius 3 is 2.67 bits per heavy atom. The van der Waals surface area contributed by atoms with Crippen LogP contribution in [0.3, 0.4) is 0 Å². The van der Waals surface area contributed by atoms with E-state index in [1.54, 1.807) is 0 Å². The molecule has 0 radical (unpaired) electrons. The summed E-state index contributed by atoms with van der Waals surface area (Å²) in [5.74, 6) is -1.08. The van der Waals surface area contributed by atoms with Gasteiger partial charge in [-0.1, -0.05) is 17.7 Å². The van der Waals surface area contributed by atoms with E-state index in [0.29, 0.717) is 0 Å². The van der Waals surface area contributed by atoms with Gasteiger partial charge in [0.1, 0.15) is 0 Å². The lowest BCUT2D eigenvalue weighted by molar-refractivity contribution is -0.385. The van der Waals surface area contributed by atoms with Crippen molar-refractivity contribution in [2.24, 2.45) is 0 Å². The van der Waals surface area contributed by atoms with Crippen molar-refractivity contribution in [1.29, 1.82) is 0 Å². The quantitative estimate of drug-likeness (QED) is 0.473. The van der Waals surface area contributed by atoms with Crippen molar-refractivity contribution < 1.29 is 14.5 Å². The number of Topliss-reactive ketones (excluding diaryl/α,β-unsaturated/α-hetero) is 1. The molecular formula is C11H9ClN2O4. The van der Waals surface area contributed by atoms with Gasteiger partial charge in [0.25, 0.3) is 11.6 Å². The predicted octanol–water partition coefficient (Wildman–Crippen LogP) is 1.55. The minimum Gasteiger partial charge on any atom is -0.331 e. The topological polar surface area (TPSA) is 80.5 Å². The summed E-state index contributed by atoms with van der Waals surface area (Å²) in [5, 5.41) is 11.1. The van der Waals surface area contributed by atoms with E-state index in [9.17, 15) is 19.7 Å². The number of benzene rings is 1. The second-order valence-electron chi connectivity index (χ2n) is 3.89. The van der Waals surface area contributed by atoms with Crippen molar-refractivity contribution in [3.8, 4) is 0 Å². The molecule has 7 heteroatoms. The minimum atomic E-state index is -0.607. The summed E-state index contributed by atoms with van der Waals surface area (Å²) in [6.45, 7) is 0.264. The van der Waals surface area contributed by atoms with Crippen LogP contribution in [-0.4, -0.2) is 28.1 Å². The lowest BCUT2D eigenvalue weighted by atomic mass is 10.1. The van der Waals surface area contributed by atoms with Crippen molar-refractivity contribution in [2.75, 3.05) is 6.54 Å². The van der Waals surface area contributed by atoms with Gasteiger partial charge in [-0.15, -0.1) is 0 Å². The maximum absolute atomic E-state index is 11.5. The highest BCUT2D eigenvalue weighted by molar-refractivity contribution is 6.38. The van der Waals surface area contributed by atoms with E-state index in [1.807, 2.05) is 0 Å². The Bertz CT molecular complexity index is 544. The molecule has 1 aromatic carbocycles. The van der Waals surface area contributed by atoms with E-state index >= 15 is 0 Å². The number of halogens is 1. The average molecular weight is 269 g/mol. The Kier molecular flexibility index (Phi) is 3.29. The van der Waals surface area contributed by atoms with Crippen LogP contribution >= 0.6 is 11.6 Å². The summed E-state index contributed by atoms with van der Waals surface area (Å²) in [7, 11) is 0. The van der Waals surface area contributed by atoms with Gasteiger partial charge in [0.15, 0.2) is 0 Å². The fourth-order valence-electron chi connectivity index (χ4n) is 1.84. The van der Waals surface area contributed by atoms with Crippen LogP contribution in [0.2, 0.25) is 5.02 Å². The molecule has 1 heterocycles.